The molecule has 4 heteroatoms. The van der Waals surface area contributed by atoms with Gasteiger partial charge in [-0.1, -0.05) is 6.92 Å². The summed E-state index contributed by atoms with van der Waals surface area (Å²) in [5.41, 5.74) is 0. The highest BCUT2D eigenvalue weighted by atomic mass is 16.5. The van der Waals surface area contributed by atoms with Gasteiger partial charge in [0.2, 0.25) is 5.91 Å². The highest BCUT2D eigenvalue weighted by Gasteiger charge is 2.32. The van der Waals surface area contributed by atoms with Gasteiger partial charge in [-0.05, 0) is 45.1 Å². The van der Waals surface area contributed by atoms with Gasteiger partial charge in [0.15, 0.2) is 0 Å². The maximum atomic E-state index is 12.1. The lowest BCUT2D eigenvalue weighted by Gasteiger charge is -2.28. The van der Waals surface area contributed by atoms with Crippen molar-refractivity contribution in [2.75, 3.05) is 19.7 Å². The largest absolute Gasteiger partial charge is 0.377 e. The van der Waals surface area contributed by atoms with Gasteiger partial charge in [-0.25, -0.2) is 0 Å². The van der Waals surface area contributed by atoms with E-state index in [1.54, 1.807) is 0 Å². The molecule has 0 aromatic heterocycles. The van der Waals surface area contributed by atoms with Crippen molar-refractivity contribution in [2.24, 2.45) is 11.8 Å². The van der Waals surface area contributed by atoms with Gasteiger partial charge in [-0.15, -0.1) is 0 Å². The molecule has 0 aliphatic carbocycles. The van der Waals surface area contributed by atoms with E-state index in [2.05, 4.69) is 24.5 Å². The monoisotopic (exact) mass is 254 g/mol. The van der Waals surface area contributed by atoms with Gasteiger partial charge < -0.3 is 15.4 Å². The lowest BCUT2D eigenvalue weighted by Crippen LogP contribution is -2.44. The summed E-state index contributed by atoms with van der Waals surface area (Å²) < 4.78 is 5.57. The third-order valence-corrected chi connectivity index (χ3v) is 4.28. The van der Waals surface area contributed by atoms with Crippen LogP contribution in [0.3, 0.4) is 0 Å². The third-order valence-electron chi connectivity index (χ3n) is 4.28. The van der Waals surface area contributed by atoms with Gasteiger partial charge in [-0.2, -0.15) is 0 Å². The van der Waals surface area contributed by atoms with E-state index in [0.717, 1.165) is 32.5 Å². The van der Waals surface area contributed by atoms with Crippen LogP contribution >= 0.6 is 0 Å². The Kier molecular flexibility index (Phi) is 5.01. The van der Waals surface area contributed by atoms with Crippen molar-refractivity contribution in [1.29, 1.82) is 0 Å². The van der Waals surface area contributed by atoms with Crippen LogP contribution in [0.15, 0.2) is 0 Å². The van der Waals surface area contributed by atoms with E-state index < -0.39 is 0 Å². The van der Waals surface area contributed by atoms with Crippen LogP contribution in [-0.4, -0.2) is 37.7 Å². The van der Waals surface area contributed by atoms with Gasteiger partial charge in [0.25, 0.3) is 0 Å². The molecular weight excluding hydrogens is 228 g/mol. The number of piperidine rings is 1. The minimum atomic E-state index is 0.0745. The van der Waals surface area contributed by atoms with E-state index in [1.165, 1.54) is 12.8 Å². The first kappa shape index (κ1) is 13.8. The number of hydrogen-bond donors (Lipinski definition) is 2. The normalized spacial score (nSPS) is 36.6. The zero-order valence-corrected chi connectivity index (χ0v) is 11.6. The molecule has 2 aliphatic rings. The predicted molar refractivity (Wildman–Crippen MR) is 71.3 cm³/mol. The number of rotatable bonds is 4. The quantitative estimate of drug-likeness (QED) is 0.795. The van der Waals surface area contributed by atoms with E-state index in [9.17, 15) is 4.79 Å². The van der Waals surface area contributed by atoms with E-state index in [4.69, 9.17) is 4.74 Å². The molecule has 2 heterocycles. The van der Waals surface area contributed by atoms with Gasteiger partial charge in [0.05, 0.1) is 12.0 Å². The van der Waals surface area contributed by atoms with Crippen molar-refractivity contribution in [3.05, 3.63) is 0 Å². The number of hydrogen-bond acceptors (Lipinski definition) is 3. The summed E-state index contributed by atoms with van der Waals surface area (Å²) in [5, 5.41) is 6.58. The molecule has 104 valence electrons. The fourth-order valence-corrected chi connectivity index (χ4v) is 2.96. The summed E-state index contributed by atoms with van der Waals surface area (Å²) in [5.74, 6) is 0.857. The number of carbonyl (C=O) groups is 1. The van der Waals surface area contributed by atoms with Crippen molar-refractivity contribution in [3.8, 4) is 0 Å². The molecule has 2 saturated heterocycles. The summed E-state index contributed by atoms with van der Waals surface area (Å²) in [7, 11) is 0. The van der Waals surface area contributed by atoms with Gasteiger partial charge in [0, 0.05) is 19.2 Å². The summed E-state index contributed by atoms with van der Waals surface area (Å²) in [6, 6.07) is 0.629. The van der Waals surface area contributed by atoms with E-state index in [1.807, 2.05) is 0 Å². The minimum absolute atomic E-state index is 0.0745. The maximum absolute atomic E-state index is 12.1. The van der Waals surface area contributed by atoms with Crippen LogP contribution in [0.4, 0.5) is 0 Å². The Morgan fingerprint density at radius 1 is 1.39 bits per heavy atom. The summed E-state index contributed by atoms with van der Waals surface area (Å²) in [6.07, 6.45) is 4.37. The second-order valence-corrected chi connectivity index (χ2v) is 5.71. The van der Waals surface area contributed by atoms with Crippen molar-refractivity contribution in [3.63, 3.8) is 0 Å². The number of amides is 1. The van der Waals surface area contributed by atoms with E-state index in [-0.39, 0.29) is 17.9 Å². The Balaban J connectivity index is 1.71. The van der Waals surface area contributed by atoms with Crippen LogP contribution in [0.1, 0.15) is 39.5 Å². The molecule has 0 saturated carbocycles. The standard InChI is InChI=1S/C14H26N2O2/c1-3-13-12(6-7-18-13)14(17)16-9-11-5-4-10(2)15-8-11/h10-13,15H,3-9H2,1-2H3,(H,16,17). The molecule has 18 heavy (non-hydrogen) atoms. The van der Waals surface area contributed by atoms with E-state index >= 15 is 0 Å². The van der Waals surface area contributed by atoms with Gasteiger partial charge in [-0.3, -0.25) is 4.79 Å². The second kappa shape index (κ2) is 6.53. The molecule has 0 spiro atoms. The van der Waals surface area contributed by atoms with E-state index in [0.29, 0.717) is 12.0 Å². The molecule has 0 radical (unpaired) electrons. The van der Waals surface area contributed by atoms with Crippen LogP contribution in [0.25, 0.3) is 0 Å². The Labute approximate surface area is 110 Å². The van der Waals surface area contributed by atoms with Crippen molar-refractivity contribution in [1.82, 2.24) is 10.6 Å². The minimum Gasteiger partial charge on any atom is -0.377 e. The van der Waals surface area contributed by atoms with Crippen LogP contribution < -0.4 is 10.6 Å². The highest BCUT2D eigenvalue weighted by Crippen LogP contribution is 2.23. The smallest absolute Gasteiger partial charge is 0.225 e. The molecule has 4 atom stereocenters. The highest BCUT2D eigenvalue weighted by molar-refractivity contribution is 5.79. The molecule has 2 aliphatic heterocycles. The molecule has 2 fully saturated rings. The first-order chi connectivity index (χ1) is 8.70. The molecule has 4 nitrogen and oxygen atoms in total. The SMILES string of the molecule is CCC1OCCC1C(=O)NCC1CCC(C)NC1. The number of ether oxygens (including phenoxy) is 1. The first-order valence-corrected chi connectivity index (χ1v) is 7.33. The van der Waals surface area contributed by atoms with Crippen LogP contribution in [0.5, 0.6) is 0 Å². The topological polar surface area (TPSA) is 50.4 Å². The molecule has 0 bridgehead atoms. The lowest BCUT2D eigenvalue weighted by atomic mass is 9.94. The summed E-state index contributed by atoms with van der Waals surface area (Å²) >= 11 is 0. The van der Waals surface area contributed by atoms with Crippen molar-refractivity contribution < 1.29 is 9.53 Å². The third kappa shape index (κ3) is 3.45. The average Bonchev–Trinajstić information content (AvgIpc) is 2.86. The fraction of sp³-hybridized carbons (Fsp3) is 0.929. The summed E-state index contributed by atoms with van der Waals surface area (Å²) in [4.78, 5) is 12.1. The average molecular weight is 254 g/mol. The fourth-order valence-electron chi connectivity index (χ4n) is 2.96. The zero-order chi connectivity index (χ0) is 13.0. The summed E-state index contributed by atoms with van der Waals surface area (Å²) in [6.45, 7) is 6.88. The van der Waals surface area contributed by atoms with Crippen molar-refractivity contribution in [2.45, 2.75) is 51.7 Å². The molecular formula is C14H26N2O2. The van der Waals surface area contributed by atoms with Crippen LogP contribution in [0, 0.1) is 11.8 Å². The number of nitrogens with one attached hydrogen (secondary N) is 2. The maximum Gasteiger partial charge on any atom is 0.225 e. The Morgan fingerprint density at radius 3 is 2.89 bits per heavy atom. The Hall–Kier alpha value is -0.610. The molecule has 2 N–H and O–H groups in total. The zero-order valence-electron chi connectivity index (χ0n) is 11.6. The molecule has 2 rings (SSSR count). The van der Waals surface area contributed by atoms with Crippen LogP contribution in [-0.2, 0) is 9.53 Å². The molecule has 0 aromatic carbocycles. The van der Waals surface area contributed by atoms with Gasteiger partial charge in [0.1, 0.15) is 0 Å². The second-order valence-electron chi connectivity index (χ2n) is 5.71. The number of carbonyl (C=O) groups excluding carboxylic acids is 1. The molecule has 1 amide bonds. The van der Waals surface area contributed by atoms with Crippen molar-refractivity contribution >= 4 is 5.91 Å². The molecule has 4 unspecified atom stereocenters. The Bertz CT molecular complexity index is 275. The van der Waals surface area contributed by atoms with Crippen LogP contribution in [0.2, 0.25) is 0 Å². The van der Waals surface area contributed by atoms with Gasteiger partial charge >= 0.3 is 0 Å². The molecule has 0 aromatic rings. The first-order valence-electron chi connectivity index (χ1n) is 7.33. The Morgan fingerprint density at radius 2 is 2.22 bits per heavy atom. The lowest BCUT2D eigenvalue weighted by molar-refractivity contribution is -0.126. The predicted octanol–water partition coefficient (Wildman–Crippen LogP) is 1.31.